The Labute approximate surface area is 157 Å². The molecule has 1 N–H and O–H groups in total. The normalized spacial score (nSPS) is 11.5. The van der Waals surface area contributed by atoms with Crippen molar-refractivity contribution in [2.45, 2.75) is 31.0 Å². The number of sulfonamides is 1. The van der Waals surface area contributed by atoms with Gasteiger partial charge < -0.3 is 4.74 Å². The summed E-state index contributed by atoms with van der Waals surface area (Å²) >= 11 is 1.20. The second-order valence-corrected chi connectivity index (χ2v) is 8.70. The molecule has 0 saturated carbocycles. The van der Waals surface area contributed by atoms with Gasteiger partial charge in [-0.2, -0.15) is 5.10 Å². The first-order valence-corrected chi connectivity index (χ1v) is 10.6. The number of aryl methyl sites for hydroxylation is 2. The third-order valence-corrected chi connectivity index (χ3v) is 6.77. The third-order valence-electron chi connectivity index (χ3n) is 3.97. The zero-order valence-electron chi connectivity index (χ0n) is 14.9. The minimum atomic E-state index is -3.65. The van der Waals surface area contributed by atoms with E-state index in [1.165, 1.54) is 11.3 Å². The van der Waals surface area contributed by atoms with Crippen LogP contribution >= 0.6 is 11.3 Å². The summed E-state index contributed by atoms with van der Waals surface area (Å²) in [6.07, 6.45) is 2.69. The van der Waals surface area contributed by atoms with Crippen LogP contribution in [0.15, 0.2) is 46.1 Å². The molecule has 0 fully saturated rings. The van der Waals surface area contributed by atoms with Gasteiger partial charge in [-0.3, -0.25) is 9.40 Å². The molecule has 26 heavy (non-hydrogen) atoms. The molecule has 3 aromatic rings. The van der Waals surface area contributed by atoms with E-state index < -0.39 is 10.0 Å². The number of methoxy groups -OCH3 is 1. The largest absolute Gasteiger partial charge is 0.497 e. The average molecular weight is 392 g/mol. The Morgan fingerprint density at radius 1 is 1.27 bits per heavy atom. The lowest BCUT2D eigenvalue weighted by atomic mass is 10.2. The van der Waals surface area contributed by atoms with Crippen molar-refractivity contribution in [3.8, 4) is 17.0 Å². The predicted octanol–water partition coefficient (Wildman–Crippen LogP) is 4.14. The molecule has 0 aliphatic rings. The predicted molar refractivity (Wildman–Crippen MR) is 104 cm³/mol. The van der Waals surface area contributed by atoms with Crippen molar-refractivity contribution < 1.29 is 13.2 Å². The Bertz CT molecular complexity index is 1010. The Kier molecular flexibility index (Phi) is 5.33. The minimum absolute atomic E-state index is 0.270. The van der Waals surface area contributed by atoms with Crippen molar-refractivity contribution in [3.63, 3.8) is 0 Å². The van der Waals surface area contributed by atoms with Crippen LogP contribution in [0, 0.1) is 6.92 Å². The van der Waals surface area contributed by atoms with E-state index in [-0.39, 0.29) is 4.21 Å². The maximum Gasteiger partial charge on any atom is 0.271 e. The fourth-order valence-corrected chi connectivity index (χ4v) is 4.94. The lowest BCUT2D eigenvalue weighted by molar-refractivity contribution is 0.414. The van der Waals surface area contributed by atoms with E-state index in [4.69, 9.17) is 4.74 Å². The Morgan fingerprint density at radius 2 is 2.08 bits per heavy atom. The van der Waals surface area contributed by atoms with Crippen LogP contribution in [0.3, 0.4) is 0 Å². The highest BCUT2D eigenvalue weighted by molar-refractivity contribution is 7.94. The minimum Gasteiger partial charge on any atom is -0.497 e. The maximum atomic E-state index is 12.7. The van der Waals surface area contributed by atoms with Gasteiger partial charge in [-0.25, -0.2) is 8.42 Å². The topological polar surface area (TPSA) is 73.2 Å². The molecule has 0 radical (unpaired) electrons. The van der Waals surface area contributed by atoms with Crippen molar-refractivity contribution in [2.24, 2.45) is 0 Å². The molecule has 0 atom stereocenters. The summed E-state index contributed by atoms with van der Waals surface area (Å²) in [7, 11) is -2.07. The Hall–Kier alpha value is -2.32. The maximum absolute atomic E-state index is 12.7. The standard InChI is InChI=1S/C18H21N3O3S2/c1-4-9-21-17(7-8-19-21)14-11-18(25-12-14)26(22,23)20-16-6-5-15(24-3)10-13(16)2/h5-8,10-12,20H,4,9H2,1-3H3. The summed E-state index contributed by atoms with van der Waals surface area (Å²) in [6, 6.07) is 8.82. The van der Waals surface area contributed by atoms with E-state index in [0.717, 1.165) is 29.8 Å². The SMILES string of the molecule is CCCn1nccc1-c1csc(S(=O)(=O)Nc2ccc(OC)cc2C)c1. The molecule has 0 bridgehead atoms. The number of rotatable bonds is 7. The zero-order valence-corrected chi connectivity index (χ0v) is 16.5. The van der Waals surface area contributed by atoms with Crippen LogP contribution < -0.4 is 9.46 Å². The van der Waals surface area contributed by atoms with Crippen molar-refractivity contribution in [2.75, 3.05) is 11.8 Å². The first kappa shape index (κ1) is 18.5. The number of thiophene rings is 1. The molecule has 138 valence electrons. The van der Waals surface area contributed by atoms with Crippen molar-refractivity contribution in [1.29, 1.82) is 0 Å². The van der Waals surface area contributed by atoms with Gasteiger partial charge in [-0.05, 0) is 49.2 Å². The molecule has 0 spiro atoms. The van der Waals surface area contributed by atoms with Gasteiger partial charge in [-0.15, -0.1) is 11.3 Å². The number of hydrogen-bond donors (Lipinski definition) is 1. The monoisotopic (exact) mass is 391 g/mol. The van der Waals surface area contributed by atoms with E-state index in [2.05, 4.69) is 16.7 Å². The summed E-state index contributed by atoms with van der Waals surface area (Å²) < 4.78 is 35.5. The number of nitrogens with one attached hydrogen (secondary N) is 1. The number of nitrogens with zero attached hydrogens (tertiary/aromatic N) is 2. The summed E-state index contributed by atoms with van der Waals surface area (Å²) in [4.78, 5) is 0. The van der Waals surface area contributed by atoms with E-state index in [1.807, 2.05) is 23.1 Å². The highest BCUT2D eigenvalue weighted by atomic mass is 32.2. The van der Waals surface area contributed by atoms with Crippen LogP contribution in [0.5, 0.6) is 5.75 Å². The van der Waals surface area contributed by atoms with E-state index in [0.29, 0.717) is 11.4 Å². The summed E-state index contributed by atoms with van der Waals surface area (Å²) in [6.45, 7) is 4.71. The first-order valence-electron chi connectivity index (χ1n) is 8.22. The van der Waals surface area contributed by atoms with Gasteiger partial charge in [0.15, 0.2) is 0 Å². The summed E-state index contributed by atoms with van der Waals surface area (Å²) in [5.74, 6) is 0.688. The molecule has 0 unspecified atom stereocenters. The second kappa shape index (κ2) is 7.51. The smallest absolute Gasteiger partial charge is 0.271 e. The van der Waals surface area contributed by atoms with Crippen LogP contribution in [-0.2, 0) is 16.6 Å². The third kappa shape index (κ3) is 3.76. The molecule has 0 aliphatic carbocycles. The zero-order chi connectivity index (χ0) is 18.7. The van der Waals surface area contributed by atoms with E-state index in [9.17, 15) is 8.42 Å². The van der Waals surface area contributed by atoms with Gasteiger partial charge in [0.1, 0.15) is 9.96 Å². The van der Waals surface area contributed by atoms with Crippen molar-refractivity contribution in [3.05, 3.63) is 47.5 Å². The lowest BCUT2D eigenvalue weighted by Crippen LogP contribution is -2.12. The lowest BCUT2D eigenvalue weighted by Gasteiger charge is -2.10. The van der Waals surface area contributed by atoms with E-state index in [1.54, 1.807) is 37.6 Å². The van der Waals surface area contributed by atoms with Crippen LogP contribution in [0.4, 0.5) is 5.69 Å². The number of aromatic nitrogens is 2. The summed E-state index contributed by atoms with van der Waals surface area (Å²) in [5, 5.41) is 6.14. The van der Waals surface area contributed by atoms with Gasteiger partial charge in [-0.1, -0.05) is 6.92 Å². The molecule has 2 heterocycles. The van der Waals surface area contributed by atoms with Crippen LogP contribution in [0.2, 0.25) is 0 Å². The summed E-state index contributed by atoms with van der Waals surface area (Å²) in [5.41, 5.74) is 3.11. The molecule has 0 saturated heterocycles. The first-order chi connectivity index (χ1) is 12.4. The molecule has 0 aliphatic heterocycles. The molecular formula is C18H21N3O3S2. The molecule has 1 aromatic carbocycles. The molecule has 8 heteroatoms. The van der Waals surface area contributed by atoms with E-state index >= 15 is 0 Å². The van der Waals surface area contributed by atoms with Crippen LogP contribution in [0.1, 0.15) is 18.9 Å². The Morgan fingerprint density at radius 3 is 2.77 bits per heavy atom. The molecule has 6 nitrogen and oxygen atoms in total. The molecular weight excluding hydrogens is 370 g/mol. The fraction of sp³-hybridized carbons (Fsp3) is 0.278. The quantitative estimate of drug-likeness (QED) is 0.657. The highest BCUT2D eigenvalue weighted by Crippen LogP contribution is 2.31. The average Bonchev–Trinajstić information content (AvgIpc) is 3.26. The highest BCUT2D eigenvalue weighted by Gasteiger charge is 2.19. The number of benzene rings is 1. The van der Waals surface area contributed by atoms with Crippen LogP contribution in [0.25, 0.3) is 11.3 Å². The Balaban J connectivity index is 1.87. The van der Waals surface area contributed by atoms with Gasteiger partial charge in [0, 0.05) is 23.7 Å². The molecule has 3 rings (SSSR count). The van der Waals surface area contributed by atoms with Crippen molar-refractivity contribution in [1.82, 2.24) is 9.78 Å². The number of hydrogen-bond acceptors (Lipinski definition) is 5. The van der Waals surface area contributed by atoms with Gasteiger partial charge in [0.05, 0.1) is 18.5 Å². The van der Waals surface area contributed by atoms with Gasteiger partial charge in [0.2, 0.25) is 0 Å². The molecule has 2 aromatic heterocycles. The van der Waals surface area contributed by atoms with Gasteiger partial charge in [0.25, 0.3) is 10.0 Å². The van der Waals surface area contributed by atoms with Crippen molar-refractivity contribution >= 4 is 27.0 Å². The number of ether oxygens (including phenoxy) is 1. The fourth-order valence-electron chi connectivity index (χ4n) is 2.63. The van der Waals surface area contributed by atoms with Crippen LogP contribution in [-0.4, -0.2) is 25.3 Å². The second-order valence-electron chi connectivity index (χ2n) is 5.88. The molecule has 0 amide bonds. The number of anilines is 1. The van der Waals surface area contributed by atoms with Gasteiger partial charge >= 0.3 is 0 Å².